The summed E-state index contributed by atoms with van der Waals surface area (Å²) in [6.45, 7) is 4.17. The van der Waals surface area contributed by atoms with Gasteiger partial charge in [-0.2, -0.15) is 5.26 Å². The zero-order valence-electron chi connectivity index (χ0n) is 11.8. The van der Waals surface area contributed by atoms with Crippen molar-refractivity contribution >= 4 is 17.3 Å². The maximum atomic E-state index is 11.2. The summed E-state index contributed by atoms with van der Waals surface area (Å²) in [6.07, 6.45) is 0.782. The Balaban J connectivity index is 2.18. The number of carbonyl (C=O) groups is 1. The lowest BCUT2D eigenvalue weighted by Gasteiger charge is -2.08. The van der Waals surface area contributed by atoms with Gasteiger partial charge >= 0.3 is 5.97 Å². The molecule has 0 bridgehead atoms. The number of hydrogen-bond donors (Lipinski definition) is 1. The second kappa shape index (κ2) is 6.42. The van der Waals surface area contributed by atoms with Crippen LogP contribution in [0.15, 0.2) is 24.3 Å². The first kappa shape index (κ1) is 15.1. The van der Waals surface area contributed by atoms with Crippen LogP contribution in [-0.4, -0.2) is 11.1 Å². The van der Waals surface area contributed by atoms with E-state index in [1.165, 1.54) is 11.3 Å². The standard InChI is InChI=1S/C16H15NO3S/c1-3-13-7-14(15(21-13)16(18)19)20-9-12-5-4-11(8-17)6-10(12)2/h4-7H,3,9H2,1-2H3,(H,18,19). The number of aryl methyl sites for hydroxylation is 2. The van der Waals surface area contributed by atoms with Crippen molar-refractivity contribution in [3.63, 3.8) is 0 Å². The molecular formula is C16H15NO3S. The molecule has 2 rings (SSSR count). The minimum Gasteiger partial charge on any atom is -0.487 e. The molecule has 1 aromatic heterocycles. The molecule has 0 radical (unpaired) electrons. The number of hydrogen-bond acceptors (Lipinski definition) is 4. The van der Waals surface area contributed by atoms with Gasteiger partial charge in [0.2, 0.25) is 0 Å². The van der Waals surface area contributed by atoms with Crippen molar-refractivity contribution < 1.29 is 14.6 Å². The first-order valence-electron chi connectivity index (χ1n) is 6.53. The molecule has 2 aromatic rings. The predicted octanol–water partition coefficient (Wildman–Crippen LogP) is 3.77. The third kappa shape index (κ3) is 3.41. The summed E-state index contributed by atoms with van der Waals surface area (Å²) in [5.41, 5.74) is 2.50. The molecule has 0 aliphatic carbocycles. The Bertz CT molecular complexity index is 713. The van der Waals surface area contributed by atoms with Gasteiger partial charge in [0, 0.05) is 4.88 Å². The van der Waals surface area contributed by atoms with Gasteiger partial charge in [0.25, 0.3) is 0 Å². The number of nitrogens with zero attached hydrogens (tertiary/aromatic N) is 1. The largest absolute Gasteiger partial charge is 0.487 e. The van der Waals surface area contributed by atoms with Gasteiger partial charge in [-0.05, 0) is 42.7 Å². The van der Waals surface area contributed by atoms with Gasteiger partial charge in [-0.3, -0.25) is 0 Å². The highest BCUT2D eigenvalue weighted by Crippen LogP contribution is 2.30. The van der Waals surface area contributed by atoms with Crippen LogP contribution in [0.4, 0.5) is 0 Å². The molecule has 5 heteroatoms. The van der Waals surface area contributed by atoms with Crippen molar-refractivity contribution in [2.75, 3.05) is 0 Å². The van der Waals surface area contributed by atoms with E-state index in [1.807, 2.05) is 19.9 Å². The van der Waals surface area contributed by atoms with Gasteiger partial charge in [0.1, 0.15) is 12.4 Å². The molecule has 0 amide bonds. The molecule has 1 heterocycles. The fourth-order valence-electron chi connectivity index (χ4n) is 1.94. The van der Waals surface area contributed by atoms with E-state index in [9.17, 15) is 9.90 Å². The van der Waals surface area contributed by atoms with Crippen LogP contribution >= 0.6 is 11.3 Å². The predicted molar refractivity (Wildman–Crippen MR) is 80.9 cm³/mol. The number of rotatable bonds is 5. The van der Waals surface area contributed by atoms with E-state index in [1.54, 1.807) is 18.2 Å². The van der Waals surface area contributed by atoms with Gasteiger partial charge in [0.05, 0.1) is 11.6 Å². The highest BCUT2D eigenvalue weighted by molar-refractivity contribution is 7.14. The molecule has 0 atom stereocenters. The Morgan fingerprint density at radius 3 is 2.76 bits per heavy atom. The van der Waals surface area contributed by atoms with Gasteiger partial charge in [-0.1, -0.05) is 13.0 Å². The SMILES string of the molecule is CCc1cc(OCc2ccc(C#N)cc2C)c(C(=O)O)s1. The monoisotopic (exact) mass is 301 g/mol. The minimum atomic E-state index is -0.966. The van der Waals surface area contributed by atoms with Crippen LogP contribution in [0.5, 0.6) is 5.75 Å². The molecule has 0 saturated heterocycles. The quantitative estimate of drug-likeness (QED) is 0.912. The molecule has 0 saturated carbocycles. The van der Waals surface area contributed by atoms with Crippen LogP contribution in [0.25, 0.3) is 0 Å². The summed E-state index contributed by atoms with van der Waals surface area (Å²) in [5, 5.41) is 18.0. The summed E-state index contributed by atoms with van der Waals surface area (Å²) in [6, 6.07) is 9.23. The third-order valence-corrected chi connectivity index (χ3v) is 4.40. The van der Waals surface area contributed by atoms with E-state index < -0.39 is 5.97 Å². The minimum absolute atomic E-state index is 0.234. The van der Waals surface area contributed by atoms with Crippen LogP contribution in [-0.2, 0) is 13.0 Å². The average molecular weight is 301 g/mol. The number of carboxylic acids is 1. The Labute approximate surface area is 127 Å². The molecular weight excluding hydrogens is 286 g/mol. The normalized spacial score (nSPS) is 10.1. The molecule has 1 N–H and O–H groups in total. The maximum absolute atomic E-state index is 11.2. The van der Waals surface area contributed by atoms with E-state index >= 15 is 0 Å². The first-order chi connectivity index (χ1) is 10.0. The second-order valence-electron chi connectivity index (χ2n) is 4.61. The molecule has 0 aliphatic heterocycles. The maximum Gasteiger partial charge on any atom is 0.349 e. The molecule has 0 spiro atoms. The van der Waals surface area contributed by atoms with Crippen LogP contribution in [0.2, 0.25) is 0 Å². The number of ether oxygens (including phenoxy) is 1. The van der Waals surface area contributed by atoms with Crippen LogP contribution in [0, 0.1) is 18.3 Å². The molecule has 1 aromatic carbocycles. The van der Waals surface area contributed by atoms with E-state index in [2.05, 4.69) is 6.07 Å². The molecule has 0 unspecified atom stereocenters. The van der Waals surface area contributed by atoms with Crippen molar-refractivity contribution in [2.24, 2.45) is 0 Å². The Morgan fingerprint density at radius 2 is 2.19 bits per heavy atom. The van der Waals surface area contributed by atoms with Crippen LogP contribution in [0.1, 0.15) is 38.2 Å². The van der Waals surface area contributed by atoms with E-state index in [4.69, 9.17) is 10.00 Å². The highest BCUT2D eigenvalue weighted by Gasteiger charge is 2.16. The Kier molecular flexibility index (Phi) is 4.61. The lowest BCUT2D eigenvalue weighted by atomic mass is 10.1. The Hall–Kier alpha value is -2.32. The smallest absolute Gasteiger partial charge is 0.349 e. The fourth-order valence-corrected chi connectivity index (χ4v) is 2.81. The molecule has 108 valence electrons. The summed E-state index contributed by atoms with van der Waals surface area (Å²) in [7, 11) is 0. The number of thiophene rings is 1. The topological polar surface area (TPSA) is 70.3 Å². The summed E-state index contributed by atoms with van der Waals surface area (Å²) in [5.74, 6) is -0.556. The average Bonchev–Trinajstić information content (AvgIpc) is 2.89. The molecule has 0 fully saturated rings. The van der Waals surface area contributed by atoms with Gasteiger partial charge in [-0.25, -0.2) is 4.79 Å². The van der Waals surface area contributed by atoms with Gasteiger partial charge in [-0.15, -0.1) is 11.3 Å². The van der Waals surface area contributed by atoms with Crippen LogP contribution in [0.3, 0.4) is 0 Å². The zero-order chi connectivity index (χ0) is 15.4. The molecule has 4 nitrogen and oxygen atoms in total. The van der Waals surface area contributed by atoms with E-state index in [0.29, 0.717) is 11.3 Å². The van der Waals surface area contributed by atoms with Crippen LogP contribution < -0.4 is 4.74 Å². The number of carboxylic acid groups (broad SMARTS) is 1. The van der Waals surface area contributed by atoms with E-state index in [0.717, 1.165) is 22.4 Å². The third-order valence-electron chi connectivity index (χ3n) is 3.15. The van der Waals surface area contributed by atoms with E-state index in [-0.39, 0.29) is 11.5 Å². The number of aromatic carboxylic acids is 1. The summed E-state index contributed by atoms with van der Waals surface area (Å²) in [4.78, 5) is 12.4. The zero-order valence-corrected chi connectivity index (χ0v) is 12.7. The Morgan fingerprint density at radius 1 is 1.43 bits per heavy atom. The van der Waals surface area contributed by atoms with Crippen molar-refractivity contribution in [1.29, 1.82) is 5.26 Å². The van der Waals surface area contributed by atoms with Crippen molar-refractivity contribution in [2.45, 2.75) is 26.9 Å². The van der Waals surface area contributed by atoms with Gasteiger partial charge < -0.3 is 9.84 Å². The lowest BCUT2D eigenvalue weighted by molar-refractivity contribution is 0.0697. The molecule has 0 aliphatic rings. The molecule has 21 heavy (non-hydrogen) atoms. The van der Waals surface area contributed by atoms with Crippen molar-refractivity contribution in [1.82, 2.24) is 0 Å². The summed E-state index contributed by atoms with van der Waals surface area (Å²) >= 11 is 1.25. The lowest BCUT2D eigenvalue weighted by Crippen LogP contribution is -2.01. The second-order valence-corrected chi connectivity index (χ2v) is 5.74. The summed E-state index contributed by atoms with van der Waals surface area (Å²) < 4.78 is 5.67. The fraction of sp³-hybridized carbons (Fsp3) is 0.250. The van der Waals surface area contributed by atoms with Crippen molar-refractivity contribution in [3.8, 4) is 11.8 Å². The van der Waals surface area contributed by atoms with Crippen molar-refractivity contribution in [3.05, 3.63) is 50.7 Å². The van der Waals surface area contributed by atoms with Gasteiger partial charge in [0.15, 0.2) is 4.88 Å². The number of benzene rings is 1. The number of nitriles is 1. The highest BCUT2D eigenvalue weighted by atomic mass is 32.1. The first-order valence-corrected chi connectivity index (χ1v) is 7.35.